The van der Waals surface area contributed by atoms with Crippen molar-refractivity contribution < 1.29 is 9.53 Å². The molecule has 0 saturated heterocycles. The molecule has 0 aromatic carbocycles. The topological polar surface area (TPSA) is 26.3 Å². The average molecular weight is 197 g/mol. The van der Waals surface area contributed by atoms with Crippen molar-refractivity contribution in [2.24, 2.45) is 0 Å². The predicted molar refractivity (Wildman–Crippen MR) is 41.8 cm³/mol. The normalized spacial score (nSPS) is 9.78. The van der Waals surface area contributed by atoms with E-state index in [4.69, 9.17) is 4.74 Å². The lowest BCUT2D eigenvalue weighted by Gasteiger charge is -2.17. The number of carbonyl (C=O) groups is 1. The molecule has 0 bridgehead atoms. The van der Waals surface area contributed by atoms with Gasteiger partial charge in [-0.25, -0.2) is 0 Å². The van der Waals surface area contributed by atoms with Gasteiger partial charge in [0, 0.05) is 6.92 Å². The summed E-state index contributed by atoms with van der Waals surface area (Å²) in [7, 11) is 0. The van der Waals surface area contributed by atoms with Crippen molar-refractivity contribution >= 4 is 23.0 Å². The van der Waals surface area contributed by atoms with Crippen molar-refractivity contribution in [2.45, 2.75) is 33.3 Å². The van der Waals surface area contributed by atoms with Gasteiger partial charge in [-0.3, -0.25) is 4.79 Å². The van der Waals surface area contributed by atoms with Crippen molar-refractivity contribution in [1.82, 2.24) is 0 Å². The van der Waals surface area contributed by atoms with Gasteiger partial charge in [0.25, 0.3) is 0 Å². The second kappa shape index (κ2) is 3.88. The van der Waals surface area contributed by atoms with E-state index in [9.17, 15) is 4.79 Å². The molecule has 0 heterocycles. The number of hydrogen-bond acceptors (Lipinski definition) is 2. The van der Waals surface area contributed by atoms with E-state index >= 15 is 0 Å². The number of carbonyl (C=O) groups excluding carboxylic acids is 1. The molecule has 2 nitrogen and oxygen atoms in total. The van der Waals surface area contributed by atoms with Crippen LogP contribution in [0.3, 0.4) is 0 Å². The largest absolute Gasteiger partial charge is 0.460 e. The molecule has 0 aromatic heterocycles. The summed E-state index contributed by atoms with van der Waals surface area (Å²) in [5.74, 6) is -0.225. The summed E-state index contributed by atoms with van der Waals surface area (Å²) in [5, 5.41) is 0. The van der Waals surface area contributed by atoms with Gasteiger partial charge in [0.05, 0.1) is 0 Å². The molecule has 0 spiro atoms. The quantitative estimate of drug-likeness (QED) is 0.554. The van der Waals surface area contributed by atoms with E-state index < -0.39 is 0 Å². The maximum Gasteiger partial charge on any atom is 0.303 e. The maximum atomic E-state index is 10.2. The first-order valence-electron chi connectivity index (χ1n) is 2.61. The van der Waals surface area contributed by atoms with Gasteiger partial charge in [-0.15, -0.1) is 17.0 Å². The zero-order valence-corrected chi connectivity index (χ0v) is 7.94. The fourth-order valence-electron chi connectivity index (χ4n) is 0.431. The standard InChI is InChI=1S/C6H12O2.BrH/c1-5(7)8-6(2,3)4;/h1-4H3;1H. The van der Waals surface area contributed by atoms with Crippen LogP contribution in [0.2, 0.25) is 0 Å². The fourth-order valence-corrected chi connectivity index (χ4v) is 0.431. The van der Waals surface area contributed by atoms with Crippen LogP contribution in [0.5, 0.6) is 0 Å². The second-order valence-electron chi connectivity index (χ2n) is 2.71. The first-order chi connectivity index (χ1) is 3.42. The van der Waals surface area contributed by atoms with E-state index in [2.05, 4.69) is 0 Å². The summed E-state index contributed by atoms with van der Waals surface area (Å²) >= 11 is 0. The molecule has 0 radical (unpaired) electrons. The van der Waals surface area contributed by atoms with Crippen molar-refractivity contribution in [2.75, 3.05) is 0 Å². The molecule has 0 fully saturated rings. The van der Waals surface area contributed by atoms with Crippen LogP contribution in [0.1, 0.15) is 27.7 Å². The highest BCUT2D eigenvalue weighted by atomic mass is 79.9. The van der Waals surface area contributed by atoms with Gasteiger partial charge in [-0.1, -0.05) is 0 Å². The van der Waals surface area contributed by atoms with Crippen LogP contribution < -0.4 is 0 Å². The zero-order chi connectivity index (χ0) is 6.78. The van der Waals surface area contributed by atoms with Crippen molar-refractivity contribution in [3.05, 3.63) is 0 Å². The van der Waals surface area contributed by atoms with Crippen molar-refractivity contribution in [3.8, 4) is 0 Å². The minimum absolute atomic E-state index is 0. The van der Waals surface area contributed by atoms with E-state index in [0.29, 0.717) is 0 Å². The van der Waals surface area contributed by atoms with Crippen LogP contribution in [-0.4, -0.2) is 11.6 Å². The molecule has 9 heavy (non-hydrogen) atoms. The Kier molecular flexibility index (Phi) is 5.05. The lowest BCUT2D eigenvalue weighted by molar-refractivity contribution is -0.151. The Morgan fingerprint density at radius 1 is 1.33 bits per heavy atom. The third-order valence-electron chi connectivity index (χ3n) is 0.450. The van der Waals surface area contributed by atoms with Crippen LogP contribution in [0.15, 0.2) is 0 Å². The van der Waals surface area contributed by atoms with Crippen molar-refractivity contribution in [1.29, 1.82) is 0 Å². The molecule has 0 saturated carbocycles. The third-order valence-corrected chi connectivity index (χ3v) is 0.450. The van der Waals surface area contributed by atoms with Crippen LogP contribution in [-0.2, 0) is 9.53 Å². The smallest absolute Gasteiger partial charge is 0.303 e. The van der Waals surface area contributed by atoms with Gasteiger partial charge in [0.1, 0.15) is 5.60 Å². The lowest BCUT2D eigenvalue weighted by atomic mass is 10.2. The summed E-state index contributed by atoms with van der Waals surface area (Å²) in [6, 6.07) is 0. The molecule has 0 aromatic rings. The predicted octanol–water partition coefficient (Wildman–Crippen LogP) is 1.93. The molecular formula is C6H13BrO2. The Morgan fingerprint density at radius 2 is 1.67 bits per heavy atom. The van der Waals surface area contributed by atoms with E-state index in [1.807, 2.05) is 20.8 Å². The number of halogens is 1. The fraction of sp³-hybridized carbons (Fsp3) is 0.833. The summed E-state index contributed by atoms with van der Waals surface area (Å²) in [6.45, 7) is 6.93. The van der Waals surface area contributed by atoms with E-state index in [1.54, 1.807) is 0 Å². The van der Waals surface area contributed by atoms with Gasteiger partial charge in [-0.2, -0.15) is 0 Å². The van der Waals surface area contributed by atoms with Gasteiger partial charge < -0.3 is 4.74 Å². The van der Waals surface area contributed by atoms with Gasteiger partial charge in [0.15, 0.2) is 0 Å². The Balaban J connectivity index is 0. The average Bonchev–Trinajstić information content (AvgIpc) is 1.21. The summed E-state index contributed by atoms with van der Waals surface area (Å²) in [6.07, 6.45) is 0. The second-order valence-corrected chi connectivity index (χ2v) is 2.71. The first-order valence-corrected chi connectivity index (χ1v) is 2.61. The Morgan fingerprint density at radius 3 is 1.67 bits per heavy atom. The van der Waals surface area contributed by atoms with Crippen LogP contribution in [0, 0.1) is 0 Å². The van der Waals surface area contributed by atoms with Crippen LogP contribution in [0.25, 0.3) is 0 Å². The van der Waals surface area contributed by atoms with Gasteiger partial charge in [0.2, 0.25) is 0 Å². The number of ether oxygens (including phenoxy) is 1. The Bertz CT molecular complexity index is 93.7. The van der Waals surface area contributed by atoms with Crippen molar-refractivity contribution in [3.63, 3.8) is 0 Å². The first kappa shape index (κ1) is 11.7. The number of rotatable bonds is 0. The molecule has 0 unspecified atom stereocenters. The van der Waals surface area contributed by atoms with Crippen LogP contribution >= 0.6 is 17.0 Å². The molecule has 0 aliphatic carbocycles. The number of hydrogen-bond donors (Lipinski definition) is 0. The Hall–Kier alpha value is -0.0500. The Labute approximate surface area is 66.4 Å². The number of esters is 1. The van der Waals surface area contributed by atoms with Gasteiger partial charge in [-0.05, 0) is 20.8 Å². The molecule has 3 heteroatoms. The highest BCUT2D eigenvalue weighted by Gasteiger charge is 2.11. The highest BCUT2D eigenvalue weighted by Crippen LogP contribution is 2.05. The molecule has 0 N–H and O–H groups in total. The van der Waals surface area contributed by atoms with E-state index in [1.165, 1.54) is 6.92 Å². The minimum atomic E-state index is -0.328. The van der Waals surface area contributed by atoms with E-state index in [0.717, 1.165) is 0 Å². The summed E-state index contributed by atoms with van der Waals surface area (Å²) in [4.78, 5) is 10.2. The van der Waals surface area contributed by atoms with E-state index in [-0.39, 0.29) is 28.6 Å². The molecular weight excluding hydrogens is 184 g/mol. The van der Waals surface area contributed by atoms with Gasteiger partial charge >= 0.3 is 5.97 Å². The zero-order valence-electron chi connectivity index (χ0n) is 6.22. The lowest BCUT2D eigenvalue weighted by Crippen LogP contribution is -2.21. The SMILES string of the molecule is Br.CC(=O)OC(C)(C)C. The summed E-state index contributed by atoms with van der Waals surface area (Å²) in [5.41, 5.74) is -0.328. The minimum Gasteiger partial charge on any atom is -0.460 e. The molecule has 0 rings (SSSR count). The molecule has 0 amide bonds. The third kappa shape index (κ3) is 11.5. The monoisotopic (exact) mass is 196 g/mol. The highest BCUT2D eigenvalue weighted by molar-refractivity contribution is 8.93. The molecule has 0 atom stereocenters. The van der Waals surface area contributed by atoms with Crippen LogP contribution in [0.4, 0.5) is 0 Å². The molecule has 0 aliphatic rings. The molecule has 0 aliphatic heterocycles. The maximum absolute atomic E-state index is 10.2. The molecule has 56 valence electrons. The summed E-state index contributed by atoms with van der Waals surface area (Å²) < 4.78 is 4.80.